The molecule has 1 aromatic rings. The van der Waals surface area contributed by atoms with Crippen LogP contribution in [0.25, 0.3) is 0 Å². The van der Waals surface area contributed by atoms with Crippen molar-refractivity contribution in [1.82, 2.24) is 4.90 Å². The Bertz CT molecular complexity index is 517. The Labute approximate surface area is 125 Å². The van der Waals surface area contributed by atoms with Gasteiger partial charge in [-0.15, -0.1) is 0 Å². The van der Waals surface area contributed by atoms with Crippen LogP contribution in [0.4, 0.5) is 0 Å². The normalized spacial score (nSPS) is 17.3. The SMILES string of the molecule is CN(C)CCCOc1ccc(C2C=CC=C(C=O)O2)cc1. The second-order valence-corrected chi connectivity index (χ2v) is 5.18. The minimum Gasteiger partial charge on any atom is -0.494 e. The van der Waals surface area contributed by atoms with Crippen molar-refractivity contribution >= 4 is 6.29 Å². The molecule has 0 radical (unpaired) electrons. The topological polar surface area (TPSA) is 38.8 Å². The van der Waals surface area contributed by atoms with Crippen LogP contribution in [-0.4, -0.2) is 38.4 Å². The van der Waals surface area contributed by atoms with Gasteiger partial charge in [0.25, 0.3) is 0 Å². The molecule has 0 aliphatic carbocycles. The first-order valence-corrected chi connectivity index (χ1v) is 7.07. The highest BCUT2D eigenvalue weighted by atomic mass is 16.5. The van der Waals surface area contributed by atoms with Crippen LogP contribution in [0.1, 0.15) is 18.1 Å². The van der Waals surface area contributed by atoms with Gasteiger partial charge in [-0.1, -0.05) is 18.2 Å². The summed E-state index contributed by atoms with van der Waals surface area (Å²) in [5.41, 5.74) is 0.999. The van der Waals surface area contributed by atoms with Crippen LogP contribution in [-0.2, 0) is 9.53 Å². The van der Waals surface area contributed by atoms with Crippen LogP contribution in [0.3, 0.4) is 0 Å². The molecule has 4 nitrogen and oxygen atoms in total. The highest BCUT2D eigenvalue weighted by Crippen LogP contribution is 2.26. The van der Waals surface area contributed by atoms with Crippen molar-refractivity contribution in [1.29, 1.82) is 0 Å². The highest BCUT2D eigenvalue weighted by Gasteiger charge is 2.13. The Morgan fingerprint density at radius 3 is 2.71 bits per heavy atom. The van der Waals surface area contributed by atoms with Gasteiger partial charge in [-0.2, -0.15) is 0 Å². The molecular weight excluding hydrogens is 266 g/mol. The van der Waals surface area contributed by atoms with Gasteiger partial charge in [0, 0.05) is 6.54 Å². The zero-order chi connectivity index (χ0) is 15.1. The molecule has 1 aromatic carbocycles. The van der Waals surface area contributed by atoms with E-state index in [0.29, 0.717) is 12.4 Å². The van der Waals surface area contributed by atoms with Crippen LogP contribution in [0.15, 0.2) is 48.3 Å². The number of aldehydes is 1. The molecule has 1 aliphatic heterocycles. The predicted octanol–water partition coefficient (Wildman–Crippen LogP) is 2.73. The van der Waals surface area contributed by atoms with Crippen molar-refractivity contribution in [2.75, 3.05) is 27.2 Å². The molecule has 0 spiro atoms. The van der Waals surface area contributed by atoms with E-state index in [2.05, 4.69) is 19.0 Å². The number of benzene rings is 1. The van der Waals surface area contributed by atoms with Crippen molar-refractivity contribution in [2.24, 2.45) is 0 Å². The third-order valence-electron chi connectivity index (χ3n) is 3.15. The summed E-state index contributed by atoms with van der Waals surface area (Å²) in [7, 11) is 4.10. The van der Waals surface area contributed by atoms with Gasteiger partial charge in [-0.05, 0) is 50.4 Å². The third kappa shape index (κ3) is 4.76. The lowest BCUT2D eigenvalue weighted by molar-refractivity contribution is -0.108. The number of carbonyl (C=O) groups excluding carboxylic acids is 1. The summed E-state index contributed by atoms with van der Waals surface area (Å²) in [5, 5.41) is 0. The van der Waals surface area contributed by atoms with E-state index in [-0.39, 0.29) is 6.10 Å². The molecule has 1 aliphatic rings. The van der Waals surface area contributed by atoms with Crippen LogP contribution < -0.4 is 4.74 Å². The molecule has 1 heterocycles. The highest BCUT2D eigenvalue weighted by molar-refractivity contribution is 5.71. The van der Waals surface area contributed by atoms with E-state index in [1.165, 1.54) is 0 Å². The largest absolute Gasteiger partial charge is 0.494 e. The van der Waals surface area contributed by atoms with Gasteiger partial charge in [0.15, 0.2) is 12.0 Å². The number of rotatable bonds is 7. The van der Waals surface area contributed by atoms with Gasteiger partial charge in [0.05, 0.1) is 6.61 Å². The number of ether oxygens (including phenoxy) is 2. The molecule has 21 heavy (non-hydrogen) atoms. The minimum absolute atomic E-state index is 0.210. The van der Waals surface area contributed by atoms with E-state index in [1.807, 2.05) is 36.4 Å². The number of hydrogen-bond acceptors (Lipinski definition) is 4. The molecule has 112 valence electrons. The Kier molecular flexibility index (Phi) is 5.58. The lowest BCUT2D eigenvalue weighted by Crippen LogP contribution is -2.15. The molecule has 0 N–H and O–H groups in total. The van der Waals surface area contributed by atoms with Gasteiger partial charge in [-0.3, -0.25) is 4.79 Å². The summed E-state index contributed by atoms with van der Waals surface area (Å²) in [6, 6.07) is 7.79. The maximum Gasteiger partial charge on any atom is 0.184 e. The summed E-state index contributed by atoms with van der Waals surface area (Å²) in [4.78, 5) is 12.9. The third-order valence-corrected chi connectivity index (χ3v) is 3.15. The second-order valence-electron chi connectivity index (χ2n) is 5.18. The molecule has 0 saturated carbocycles. The summed E-state index contributed by atoms with van der Waals surface area (Å²) >= 11 is 0. The van der Waals surface area contributed by atoms with Gasteiger partial charge in [-0.25, -0.2) is 0 Å². The smallest absolute Gasteiger partial charge is 0.184 e. The van der Waals surface area contributed by atoms with E-state index in [0.717, 1.165) is 30.6 Å². The molecule has 0 saturated heterocycles. The number of hydrogen-bond donors (Lipinski definition) is 0. The fourth-order valence-electron chi connectivity index (χ4n) is 2.05. The Morgan fingerprint density at radius 2 is 2.05 bits per heavy atom. The van der Waals surface area contributed by atoms with Crippen molar-refractivity contribution in [3.63, 3.8) is 0 Å². The Morgan fingerprint density at radius 1 is 1.29 bits per heavy atom. The molecule has 2 rings (SSSR count). The van der Waals surface area contributed by atoms with Gasteiger partial charge < -0.3 is 14.4 Å². The number of nitrogens with zero attached hydrogens (tertiary/aromatic N) is 1. The first-order valence-electron chi connectivity index (χ1n) is 7.07. The fourth-order valence-corrected chi connectivity index (χ4v) is 2.05. The molecule has 0 fully saturated rings. The fraction of sp³-hybridized carbons (Fsp3) is 0.353. The van der Waals surface area contributed by atoms with Crippen LogP contribution >= 0.6 is 0 Å². The standard InChI is InChI=1S/C17H21NO3/c1-18(2)11-4-12-20-15-9-7-14(8-10-15)17-6-3-5-16(13-19)21-17/h3,5-10,13,17H,4,11-12H2,1-2H3. The quantitative estimate of drug-likeness (QED) is 0.571. The Hall–Kier alpha value is -2.07. The molecule has 0 amide bonds. The van der Waals surface area contributed by atoms with E-state index in [1.54, 1.807) is 6.08 Å². The first kappa shape index (κ1) is 15.3. The Balaban J connectivity index is 1.86. The summed E-state index contributed by atoms with van der Waals surface area (Å²) in [6.07, 6.45) is 6.92. The molecular formula is C17H21NO3. The molecule has 0 bridgehead atoms. The van der Waals surface area contributed by atoms with Crippen molar-refractivity contribution in [3.05, 3.63) is 53.8 Å². The summed E-state index contributed by atoms with van der Waals surface area (Å²) < 4.78 is 11.2. The minimum atomic E-state index is -0.210. The average Bonchev–Trinajstić information content (AvgIpc) is 2.52. The van der Waals surface area contributed by atoms with Gasteiger partial charge >= 0.3 is 0 Å². The summed E-state index contributed by atoms with van der Waals surface area (Å²) in [5.74, 6) is 1.20. The first-order chi connectivity index (χ1) is 10.2. The molecule has 1 unspecified atom stereocenters. The monoisotopic (exact) mass is 287 g/mol. The second kappa shape index (κ2) is 7.64. The number of carbonyl (C=O) groups is 1. The van der Waals surface area contributed by atoms with E-state index in [9.17, 15) is 4.79 Å². The van der Waals surface area contributed by atoms with Gasteiger partial charge in [0.2, 0.25) is 0 Å². The van der Waals surface area contributed by atoms with Crippen molar-refractivity contribution < 1.29 is 14.3 Å². The van der Waals surface area contributed by atoms with E-state index in [4.69, 9.17) is 9.47 Å². The average molecular weight is 287 g/mol. The van der Waals surface area contributed by atoms with Crippen LogP contribution in [0, 0.1) is 0 Å². The molecule has 1 atom stereocenters. The van der Waals surface area contributed by atoms with E-state index < -0.39 is 0 Å². The lowest BCUT2D eigenvalue weighted by Gasteiger charge is -2.18. The van der Waals surface area contributed by atoms with E-state index >= 15 is 0 Å². The zero-order valence-electron chi connectivity index (χ0n) is 12.5. The van der Waals surface area contributed by atoms with Crippen LogP contribution in [0.5, 0.6) is 5.75 Å². The maximum atomic E-state index is 10.7. The predicted molar refractivity (Wildman–Crippen MR) is 82.2 cm³/mol. The molecule has 0 aromatic heterocycles. The lowest BCUT2D eigenvalue weighted by atomic mass is 10.1. The maximum absolute atomic E-state index is 10.7. The summed E-state index contributed by atoms with van der Waals surface area (Å²) in [6.45, 7) is 1.72. The van der Waals surface area contributed by atoms with Crippen LogP contribution in [0.2, 0.25) is 0 Å². The van der Waals surface area contributed by atoms with Gasteiger partial charge in [0.1, 0.15) is 11.9 Å². The van der Waals surface area contributed by atoms with Crippen molar-refractivity contribution in [2.45, 2.75) is 12.5 Å². The number of allylic oxidation sites excluding steroid dienone is 3. The molecule has 4 heteroatoms. The van der Waals surface area contributed by atoms with Crippen molar-refractivity contribution in [3.8, 4) is 5.75 Å². The zero-order valence-corrected chi connectivity index (χ0v) is 12.5.